The van der Waals surface area contributed by atoms with E-state index in [0.29, 0.717) is 24.8 Å². The van der Waals surface area contributed by atoms with E-state index in [0.717, 1.165) is 0 Å². The first-order chi connectivity index (χ1) is 6.27. The summed E-state index contributed by atoms with van der Waals surface area (Å²) in [6.45, 7) is 0.865. The third-order valence-electron chi connectivity index (χ3n) is 1.57. The lowest BCUT2D eigenvalue weighted by Gasteiger charge is -2.17. The van der Waals surface area contributed by atoms with Gasteiger partial charge in [-0.15, -0.1) is 0 Å². The van der Waals surface area contributed by atoms with Gasteiger partial charge in [0.15, 0.2) is 5.75 Å². The van der Waals surface area contributed by atoms with Crippen molar-refractivity contribution in [1.29, 1.82) is 0 Å². The van der Waals surface area contributed by atoms with Gasteiger partial charge in [-0.05, 0) is 11.1 Å². The minimum atomic E-state index is -2.28. The van der Waals surface area contributed by atoms with E-state index in [1.807, 2.05) is 0 Å². The Morgan fingerprint density at radius 3 is 3.00 bits per heavy atom. The second-order valence-corrected chi connectivity index (χ2v) is 3.35. The van der Waals surface area contributed by atoms with E-state index in [-0.39, 0.29) is 4.90 Å². The lowest BCUT2D eigenvalue weighted by Crippen LogP contribution is -2.16. The minimum absolute atomic E-state index is 0.101. The fraction of sp³-hybridized carbons (Fsp3) is 0.286. The van der Waals surface area contributed by atoms with Crippen LogP contribution in [0, 0.1) is 0 Å². The third-order valence-corrected chi connectivity index (χ3v) is 2.17. The van der Waals surface area contributed by atoms with Crippen molar-refractivity contribution in [2.45, 2.75) is 4.90 Å². The zero-order chi connectivity index (χ0) is 9.26. The van der Waals surface area contributed by atoms with Crippen molar-refractivity contribution in [3.05, 3.63) is 12.3 Å². The van der Waals surface area contributed by atoms with Crippen molar-refractivity contribution in [2.24, 2.45) is 0 Å². The zero-order valence-electron chi connectivity index (χ0n) is 6.56. The van der Waals surface area contributed by atoms with Crippen LogP contribution in [0.1, 0.15) is 0 Å². The van der Waals surface area contributed by atoms with E-state index < -0.39 is 11.1 Å². The molecule has 0 saturated heterocycles. The summed E-state index contributed by atoms with van der Waals surface area (Å²) in [5, 5.41) is 0. The van der Waals surface area contributed by atoms with Crippen LogP contribution in [-0.4, -0.2) is 27.0 Å². The number of hydrogen-bond acceptors (Lipinski definition) is 5. The number of hydrogen-bond donors (Lipinski definition) is 0. The van der Waals surface area contributed by atoms with E-state index in [1.165, 1.54) is 12.3 Å². The molecule has 0 N–H and O–H groups in total. The Morgan fingerprint density at radius 2 is 2.23 bits per heavy atom. The summed E-state index contributed by atoms with van der Waals surface area (Å²) >= 11 is -2.28. The quantitative estimate of drug-likeness (QED) is 0.601. The molecule has 1 aliphatic heterocycles. The Morgan fingerprint density at radius 1 is 1.46 bits per heavy atom. The second-order valence-electron chi connectivity index (χ2n) is 2.41. The zero-order valence-corrected chi connectivity index (χ0v) is 7.37. The lowest BCUT2D eigenvalue weighted by molar-refractivity contribution is 0.163. The van der Waals surface area contributed by atoms with E-state index in [2.05, 4.69) is 4.98 Å². The van der Waals surface area contributed by atoms with Crippen LogP contribution in [-0.2, 0) is 11.1 Å². The van der Waals surface area contributed by atoms with Gasteiger partial charge in [0.05, 0.1) is 0 Å². The molecule has 0 spiro atoms. The second kappa shape index (κ2) is 3.31. The SMILES string of the molecule is O=S([O-])c1cnc2c(c1)OCCO2. The summed E-state index contributed by atoms with van der Waals surface area (Å²) < 4.78 is 31.4. The average molecular weight is 200 g/mol. The summed E-state index contributed by atoms with van der Waals surface area (Å²) in [6, 6.07) is 1.39. The molecule has 0 bridgehead atoms. The first-order valence-electron chi connectivity index (χ1n) is 3.62. The predicted octanol–water partition coefficient (Wildman–Crippen LogP) is 0.0908. The highest BCUT2D eigenvalue weighted by Gasteiger charge is 2.13. The number of ether oxygens (including phenoxy) is 2. The molecule has 6 heteroatoms. The summed E-state index contributed by atoms with van der Waals surface area (Å²) in [6.07, 6.45) is 1.23. The molecule has 1 aromatic rings. The maximum absolute atomic E-state index is 10.6. The molecule has 0 aliphatic carbocycles. The van der Waals surface area contributed by atoms with Gasteiger partial charge >= 0.3 is 0 Å². The molecule has 5 nitrogen and oxygen atoms in total. The number of fused-ring (bicyclic) bond motifs is 1. The average Bonchev–Trinajstić information content (AvgIpc) is 2.17. The van der Waals surface area contributed by atoms with Gasteiger partial charge in [0.1, 0.15) is 13.2 Å². The van der Waals surface area contributed by atoms with Crippen molar-refractivity contribution < 1.29 is 18.2 Å². The smallest absolute Gasteiger partial charge is 0.257 e. The Balaban J connectivity index is 2.40. The van der Waals surface area contributed by atoms with E-state index >= 15 is 0 Å². The van der Waals surface area contributed by atoms with Crippen molar-refractivity contribution >= 4 is 11.1 Å². The third kappa shape index (κ3) is 1.63. The first-order valence-corrected chi connectivity index (χ1v) is 4.70. The highest BCUT2D eigenvalue weighted by Crippen LogP contribution is 2.28. The molecule has 0 radical (unpaired) electrons. The Labute approximate surface area is 77.0 Å². The van der Waals surface area contributed by atoms with Gasteiger partial charge in [0, 0.05) is 17.2 Å². The highest BCUT2D eigenvalue weighted by molar-refractivity contribution is 7.79. The number of nitrogens with zero attached hydrogens (tertiary/aromatic N) is 1. The van der Waals surface area contributed by atoms with Crippen molar-refractivity contribution in [3.63, 3.8) is 0 Å². The first kappa shape index (κ1) is 8.46. The van der Waals surface area contributed by atoms with E-state index in [9.17, 15) is 8.76 Å². The van der Waals surface area contributed by atoms with Crippen LogP contribution in [0.3, 0.4) is 0 Å². The summed E-state index contributed by atoms with van der Waals surface area (Å²) in [4.78, 5) is 3.90. The summed E-state index contributed by atoms with van der Waals surface area (Å²) in [7, 11) is 0. The monoisotopic (exact) mass is 200 g/mol. The van der Waals surface area contributed by atoms with Crippen LogP contribution in [0.5, 0.6) is 11.6 Å². The van der Waals surface area contributed by atoms with Crippen LogP contribution >= 0.6 is 0 Å². The van der Waals surface area contributed by atoms with Gasteiger partial charge < -0.3 is 14.0 Å². The molecule has 1 aliphatic rings. The number of aromatic nitrogens is 1. The molecule has 70 valence electrons. The molecule has 1 aromatic heterocycles. The molecule has 2 rings (SSSR count). The van der Waals surface area contributed by atoms with Gasteiger partial charge in [-0.1, -0.05) is 0 Å². The van der Waals surface area contributed by atoms with Gasteiger partial charge in [0.25, 0.3) is 5.88 Å². The van der Waals surface area contributed by atoms with Crippen LogP contribution in [0.2, 0.25) is 0 Å². The maximum atomic E-state index is 10.6. The fourth-order valence-corrected chi connectivity index (χ4v) is 1.35. The minimum Gasteiger partial charge on any atom is -0.768 e. The summed E-state index contributed by atoms with van der Waals surface area (Å²) in [5.41, 5.74) is 0. The van der Waals surface area contributed by atoms with Gasteiger partial charge in [-0.3, -0.25) is 4.21 Å². The van der Waals surface area contributed by atoms with Crippen LogP contribution in [0.15, 0.2) is 17.2 Å². The van der Waals surface area contributed by atoms with Crippen molar-refractivity contribution in [1.82, 2.24) is 4.98 Å². The Hall–Kier alpha value is -1.14. The van der Waals surface area contributed by atoms with Crippen molar-refractivity contribution in [2.75, 3.05) is 13.2 Å². The largest absolute Gasteiger partial charge is 0.768 e. The number of pyridine rings is 1. The molecule has 1 atom stereocenters. The van der Waals surface area contributed by atoms with Crippen molar-refractivity contribution in [3.8, 4) is 11.6 Å². The molecular weight excluding hydrogens is 194 g/mol. The standard InChI is InChI=1S/C7H7NO4S/c9-13(10)5-3-6-7(8-4-5)12-2-1-11-6/h3-4H,1-2H2,(H,9,10)/p-1. The molecule has 2 heterocycles. The van der Waals surface area contributed by atoms with Gasteiger partial charge in [0.2, 0.25) is 0 Å². The molecule has 13 heavy (non-hydrogen) atoms. The molecular formula is C7H6NO4S-. The predicted molar refractivity (Wildman–Crippen MR) is 42.4 cm³/mol. The van der Waals surface area contributed by atoms with Gasteiger partial charge in [-0.25, -0.2) is 4.98 Å². The van der Waals surface area contributed by atoms with Crippen LogP contribution < -0.4 is 9.47 Å². The maximum Gasteiger partial charge on any atom is 0.257 e. The topological polar surface area (TPSA) is 71.5 Å². The normalized spacial score (nSPS) is 16.7. The molecule has 0 aromatic carbocycles. The highest BCUT2D eigenvalue weighted by atomic mass is 32.2. The Kier molecular flexibility index (Phi) is 2.15. The lowest BCUT2D eigenvalue weighted by atomic mass is 10.4. The van der Waals surface area contributed by atoms with E-state index in [1.54, 1.807) is 0 Å². The summed E-state index contributed by atoms with van der Waals surface area (Å²) in [5.74, 6) is 0.730. The molecule has 1 unspecified atom stereocenters. The fourth-order valence-electron chi connectivity index (χ4n) is 1.01. The van der Waals surface area contributed by atoms with Crippen LogP contribution in [0.25, 0.3) is 0 Å². The number of rotatable bonds is 1. The Bertz CT molecular complexity index is 354. The van der Waals surface area contributed by atoms with E-state index in [4.69, 9.17) is 9.47 Å². The molecule has 0 amide bonds. The molecule has 0 saturated carbocycles. The van der Waals surface area contributed by atoms with Crippen LogP contribution in [0.4, 0.5) is 0 Å². The molecule has 0 fully saturated rings. The van der Waals surface area contributed by atoms with Gasteiger partial charge in [-0.2, -0.15) is 0 Å².